The molecule has 0 saturated carbocycles. The van der Waals surface area contributed by atoms with Gasteiger partial charge in [0.15, 0.2) is 8.32 Å². The minimum atomic E-state index is -1.74. The lowest BCUT2D eigenvalue weighted by Gasteiger charge is -2.36. The number of carbonyl (C=O) groups excluding carboxylic acids is 1. The number of rotatable bonds is 8. The fraction of sp³-hybridized carbons (Fsp3) is 0.625. The Morgan fingerprint density at radius 1 is 1.14 bits per heavy atom. The maximum atomic E-state index is 13.1. The van der Waals surface area contributed by atoms with Crippen molar-refractivity contribution in [2.75, 3.05) is 20.8 Å². The van der Waals surface area contributed by atoms with Gasteiger partial charge in [-0.25, -0.2) is 0 Å². The molecule has 5 heteroatoms. The van der Waals surface area contributed by atoms with Gasteiger partial charge in [-0.1, -0.05) is 32.9 Å². The summed E-state index contributed by atoms with van der Waals surface area (Å²) in [7, 11) is 1.56. The Bertz CT molecular complexity index is 718. The van der Waals surface area contributed by atoms with Crippen molar-refractivity contribution >= 4 is 14.1 Å². The molecule has 29 heavy (non-hydrogen) atoms. The van der Waals surface area contributed by atoms with Crippen molar-refractivity contribution in [3.8, 4) is 11.5 Å². The molecule has 2 atom stereocenters. The van der Waals surface area contributed by atoms with Crippen LogP contribution in [0.25, 0.3) is 0 Å². The third-order valence-corrected chi connectivity index (χ3v) is 11.0. The number of ketones is 1. The highest BCUT2D eigenvalue weighted by molar-refractivity contribution is 6.74. The van der Waals surface area contributed by atoms with E-state index in [1.54, 1.807) is 14.2 Å². The molecule has 1 aliphatic rings. The average Bonchev–Trinajstić information content (AvgIpc) is 2.84. The fourth-order valence-electron chi connectivity index (χ4n) is 3.61. The Morgan fingerprint density at radius 3 is 2.48 bits per heavy atom. The van der Waals surface area contributed by atoms with Crippen LogP contribution in [0.3, 0.4) is 0 Å². The van der Waals surface area contributed by atoms with E-state index in [1.165, 1.54) is 0 Å². The molecule has 0 heterocycles. The molecule has 0 aromatic heterocycles. The van der Waals surface area contributed by atoms with Gasteiger partial charge in [0.05, 0.1) is 20.1 Å². The minimum Gasteiger partial charge on any atom is -0.497 e. The molecular formula is C24H38O4Si. The van der Waals surface area contributed by atoms with Gasteiger partial charge in [-0.2, -0.15) is 0 Å². The number of hydrogen-bond acceptors (Lipinski definition) is 4. The lowest BCUT2D eigenvalue weighted by atomic mass is 9.80. The molecule has 0 amide bonds. The quantitative estimate of drug-likeness (QED) is 0.290. The van der Waals surface area contributed by atoms with Crippen LogP contribution in [-0.4, -0.2) is 34.9 Å². The lowest BCUT2D eigenvalue weighted by Crippen LogP contribution is -2.41. The largest absolute Gasteiger partial charge is 0.497 e. The number of benzene rings is 1. The fourth-order valence-corrected chi connectivity index (χ4v) is 4.70. The van der Waals surface area contributed by atoms with Crippen LogP contribution in [0.4, 0.5) is 0 Å². The third kappa shape index (κ3) is 5.95. The van der Waals surface area contributed by atoms with Crippen LogP contribution in [0.2, 0.25) is 18.1 Å². The molecule has 1 aromatic rings. The van der Waals surface area contributed by atoms with Crippen LogP contribution in [0.5, 0.6) is 11.5 Å². The maximum Gasteiger partial charge on any atom is 0.191 e. The van der Waals surface area contributed by atoms with Gasteiger partial charge in [0, 0.05) is 18.6 Å². The molecule has 2 rings (SSSR count). The van der Waals surface area contributed by atoms with Gasteiger partial charge >= 0.3 is 0 Å². The standard InChI is InChI=1S/C24H38O4Si/c1-24(2,3)29(6,7)28-16-10-12-18-11-8-9-13-21(25)23(18)20-17-19(26-4)14-15-22(20)27-5/h8,11,14-15,17-18,23H,9-10,12-13,16H2,1-7H3/t18-,23+/m1/s1. The van der Waals surface area contributed by atoms with Crippen LogP contribution in [-0.2, 0) is 9.22 Å². The Kier molecular flexibility index (Phi) is 8.12. The van der Waals surface area contributed by atoms with Gasteiger partial charge < -0.3 is 13.9 Å². The summed E-state index contributed by atoms with van der Waals surface area (Å²) in [6, 6.07) is 5.73. The summed E-state index contributed by atoms with van der Waals surface area (Å²) in [6.45, 7) is 12.1. The third-order valence-electron chi connectivity index (χ3n) is 6.44. The minimum absolute atomic E-state index is 0.147. The van der Waals surface area contributed by atoms with E-state index in [4.69, 9.17) is 13.9 Å². The molecule has 0 bridgehead atoms. The first-order chi connectivity index (χ1) is 13.6. The van der Waals surface area contributed by atoms with E-state index < -0.39 is 8.32 Å². The van der Waals surface area contributed by atoms with Crippen LogP contribution in [0.15, 0.2) is 30.4 Å². The smallest absolute Gasteiger partial charge is 0.191 e. The van der Waals surface area contributed by atoms with Crippen molar-refractivity contribution in [2.24, 2.45) is 5.92 Å². The Hall–Kier alpha value is -1.59. The Balaban J connectivity index is 2.18. The number of methoxy groups -OCH3 is 2. The molecule has 162 valence electrons. The van der Waals surface area contributed by atoms with Crippen molar-refractivity contribution in [3.63, 3.8) is 0 Å². The van der Waals surface area contributed by atoms with Crippen molar-refractivity contribution in [1.82, 2.24) is 0 Å². The molecule has 0 fully saturated rings. The summed E-state index contributed by atoms with van der Waals surface area (Å²) in [6.07, 6.45) is 7.61. The summed E-state index contributed by atoms with van der Waals surface area (Å²) in [5.41, 5.74) is 0.929. The number of Topliss-reactive ketones (excluding diaryl/α,β-unsaturated/α-hetero) is 1. The second-order valence-electron chi connectivity index (χ2n) is 9.43. The second-order valence-corrected chi connectivity index (χ2v) is 14.2. The van der Waals surface area contributed by atoms with E-state index in [0.717, 1.165) is 42.9 Å². The summed E-state index contributed by atoms with van der Waals surface area (Å²) in [4.78, 5) is 13.1. The monoisotopic (exact) mass is 418 g/mol. The highest BCUT2D eigenvalue weighted by atomic mass is 28.4. The molecule has 1 aliphatic carbocycles. The highest BCUT2D eigenvalue weighted by Crippen LogP contribution is 2.40. The summed E-state index contributed by atoms with van der Waals surface area (Å²) < 4.78 is 17.4. The molecular weight excluding hydrogens is 380 g/mol. The summed E-state index contributed by atoms with van der Waals surface area (Å²) in [5, 5.41) is 0.210. The van der Waals surface area contributed by atoms with Gasteiger partial charge in [0.1, 0.15) is 17.3 Å². The Labute approximate surface area is 177 Å². The van der Waals surface area contributed by atoms with E-state index in [0.29, 0.717) is 6.42 Å². The number of hydrogen-bond donors (Lipinski definition) is 0. The highest BCUT2D eigenvalue weighted by Gasteiger charge is 2.37. The average molecular weight is 419 g/mol. The molecule has 0 saturated heterocycles. The van der Waals surface area contributed by atoms with E-state index >= 15 is 0 Å². The molecule has 0 aliphatic heterocycles. The topological polar surface area (TPSA) is 44.8 Å². The summed E-state index contributed by atoms with van der Waals surface area (Å²) >= 11 is 0. The van der Waals surface area contributed by atoms with Gasteiger partial charge in [0.2, 0.25) is 0 Å². The molecule has 1 aromatic carbocycles. The number of carbonyl (C=O) groups is 1. The lowest BCUT2D eigenvalue weighted by molar-refractivity contribution is -0.121. The van der Waals surface area contributed by atoms with E-state index in [1.807, 2.05) is 18.2 Å². The predicted octanol–water partition coefficient (Wildman–Crippen LogP) is 6.12. The zero-order chi connectivity index (χ0) is 21.7. The maximum absolute atomic E-state index is 13.1. The van der Waals surface area contributed by atoms with E-state index in [9.17, 15) is 4.79 Å². The van der Waals surface area contributed by atoms with E-state index in [-0.39, 0.29) is 22.7 Å². The van der Waals surface area contributed by atoms with Crippen molar-refractivity contribution in [1.29, 1.82) is 0 Å². The van der Waals surface area contributed by atoms with Gasteiger partial charge in [0.25, 0.3) is 0 Å². The van der Waals surface area contributed by atoms with Crippen molar-refractivity contribution in [3.05, 3.63) is 35.9 Å². The molecule has 0 N–H and O–H groups in total. The predicted molar refractivity (Wildman–Crippen MR) is 122 cm³/mol. The zero-order valence-corrected chi connectivity index (χ0v) is 20.2. The van der Waals surface area contributed by atoms with Crippen LogP contribution >= 0.6 is 0 Å². The van der Waals surface area contributed by atoms with Gasteiger partial charge in [-0.3, -0.25) is 4.79 Å². The first-order valence-corrected chi connectivity index (χ1v) is 13.6. The number of allylic oxidation sites excluding steroid dienone is 2. The van der Waals surface area contributed by atoms with E-state index in [2.05, 4.69) is 46.0 Å². The molecule has 4 nitrogen and oxygen atoms in total. The van der Waals surface area contributed by atoms with Crippen LogP contribution < -0.4 is 9.47 Å². The SMILES string of the molecule is COc1ccc(OC)c([C@H]2C(=O)CCC=C[C@@H]2CCCO[Si](C)(C)C(C)(C)C)c1. The first kappa shape index (κ1) is 23.7. The first-order valence-electron chi connectivity index (χ1n) is 10.7. The zero-order valence-electron chi connectivity index (χ0n) is 19.2. The van der Waals surface area contributed by atoms with Gasteiger partial charge in [-0.15, -0.1) is 0 Å². The number of ether oxygens (including phenoxy) is 2. The summed E-state index contributed by atoms with van der Waals surface area (Å²) in [5.74, 6) is 1.72. The van der Waals surface area contributed by atoms with Crippen LogP contribution in [0, 0.1) is 5.92 Å². The molecule has 0 radical (unpaired) electrons. The molecule has 0 unspecified atom stereocenters. The molecule has 0 spiro atoms. The van der Waals surface area contributed by atoms with Gasteiger partial charge in [-0.05, 0) is 61.5 Å². The van der Waals surface area contributed by atoms with Crippen LogP contribution in [0.1, 0.15) is 57.9 Å². The van der Waals surface area contributed by atoms with Crippen molar-refractivity contribution < 1.29 is 18.7 Å². The van der Waals surface area contributed by atoms with Crippen molar-refractivity contribution in [2.45, 2.75) is 70.5 Å². The Morgan fingerprint density at radius 2 is 1.86 bits per heavy atom. The second kappa shape index (κ2) is 9.94. The normalized spacial score (nSPS) is 20.4.